The van der Waals surface area contributed by atoms with Gasteiger partial charge >= 0.3 is 0 Å². The van der Waals surface area contributed by atoms with Crippen LogP contribution in [0.2, 0.25) is 0 Å². The Balaban J connectivity index is 2.02. The van der Waals surface area contributed by atoms with Crippen molar-refractivity contribution in [3.63, 3.8) is 0 Å². The van der Waals surface area contributed by atoms with E-state index < -0.39 is 6.17 Å². The SMILES string of the molecule is CC(=N)CC(=O)NC(C)N=C1C(=O)CCc2ccccc2C1c1ccccc1. The van der Waals surface area contributed by atoms with E-state index in [1.54, 1.807) is 13.8 Å². The number of nitrogens with one attached hydrogen (secondary N) is 2. The first-order valence-corrected chi connectivity index (χ1v) is 9.52. The van der Waals surface area contributed by atoms with Gasteiger partial charge in [-0.15, -0.1) is 0 Å². The van der Waals surface area contributed by atoms with E-state index in [2.05, 4.69) is 22.4 Å². The molecule has 2 aromatic rings. The van der Waals surface area contributed by atoms with Gasteiger partial charge in [-0.3, -0.25) is 14.6 Å². The molecule has 0 saturated heterocycles. The molecule has 2 atom stereocenters. The van der Waals surface area contributed by atoms with Crippen molar-refractivity contribution >= 4 is 23.1 Å². The summed E-state index contributed by atoms with van der Waals surface area (Å²) >= 11 is 0. The maximum Gasteiger partial charge on any atom is 0.227 e. The van der Waals surface area contributed by atoms with Crippen LogP contribution in [0.1, 0.15) is 49.3 Å². The van der Waals surface area contributed by atoms with Crippen LogP contribution in [-0.4, -0.2) is 29.3 Å². The van der Waals surface area contributed by atoms with E-state index in [9.17, 15) is 9.59 Å². The zero-order chi connectivity index (χ0) is 20.1. The van der Waals surface area contributed by atoms with Crippen LogP contribution in [0.3, 0.4) is 0 Å². The zero-order valence-electron chi connectivity index (χ0n) is 16.2. The highest BCUT2D eigenvalue weighted by molar-refractivity contribution is 6.43. The van der Waals surface area contributed by atoms with Crippen molar-refractivity contribution in [1.29, 1.82) is 5.41 Å². The van der Waals surface area contributed by atoms with Gasteiger partial charge in [0, 0.05) is 12.1 Å². The Labute approximate surface area is 165 Å². The number of rotatable bonds is 5. The largest absolute Gasteiger partial charge is 0.334 e. The van der Waals surface area contributed by atoms with Crippen LogP contribution < -0.4 is 5.32 Å². The number of aliphatic imine (C=N–C) groups is 1. The summed E-state index contributed by atoms with van der Waals surface area (Å²) in [5.74, 6) is -0.507. The molecule has 0 aromatic heterocycles. The lowest BCUT2D eigenvalue weighted by atomic mass is 9.85. The van der Waals surface area contributed by atoms with Crippen LogP contribution >= 0.6 is 0 Å². The standard InChI is InChI=1S/C23H25N3O2/c1-15(24)14-21(28)25-16(2)26-23-20(27)13-12-17-8-6-7-11-19(17)22(23)18-9-4-3-5-10-18/h3-11,16,22,24H,12-14H2,1-2H3,(H,25,28). The van der Waals surface area contributed by atoms with Crippen LogP contribution in [-0.2, 0) is 16.0 Å². The molecular weight excluding hydrogens is 350 g/mol. The molecule has 0 heterocycles. The average molecular weight is 375 g/mol. The van der Waals surface area contributed by atoms with Gasteiger partial charge in [0.15, 0.2) is 5.78 Å². The molecule has 28 heavy (non-hydrogen) atoms. The number of carbonyl (C=O) groups excluding carboxylic acids is 2. The summed E-state index contributed by atoms with van der Waals surface area (Å²) < 4.78 is 0. The van der Waals surface area contributed by atoms with Crippen LogP contribution in [0.25, 0.3) is 0 Å². The Morgan fingerprint density at radius 3 is 2.54 bits per heavy atom. The summed E-state index contributed by atoms with van der Waals surface area (Å²) in [5, 5.41) is 10.2. The second-order valence-electron chi connectivity index (χ2n) is 7.18. The summed E-state index contributed by atoms with van der Waals surface area (Å²) in [4.78, 5) is 29.6. The van der Waals surface area contributed by atoms with E-state index in [1.165, 1.54) is 0 Å². The molecule has 1 amide bonds. The number of carbonyl (C=O) groups is 2. The van der Waals surface area contributed by atoms with Crippen molar-refractivity contribution in [2.45, 2.75) is 45.2 Å². The molecule has 0 saturated carbocycles. The summed E-state index contributed by atoms with van der Waals surface area (Å²) in [6.45, 7) is 3.35. The Morgan fingerprint density at radius 2 is 1.82 bits per heavy atom. The second-order valence-corrected chi connectivity index (χ2v) is 7.18. The zero-order valence-corrected chi connectivity index (χ0v) is 16.2. The maximum absolute atomic E-state index is 13.0. The Bertz CT molecular complexity index is 918. The third-order valence-electron chi connectivity index (χ3n) is 4.81. The van der Waals surface area contributed by atoms with Gasteiger partial charge in [-0.25, -0.2) is 0 Å². The Kier molecular flexibility index (Phi) is 6.14. The third-order valence-corrected chi connectivity index (χ3v) is 4.81. The first kappa shape index (κ1) is 19.7. The average Bonchev–Trinajstić information content (AvgIpc) is 2.79. The number of amides is 1. The smallest absolute Gasteiger partial charge is 0.227 e. The highest BCUT2D eigenvalue weighted by atomic mass is 16.1. The predicted octanol–water partition coefficient (Wildman–Crippen LogP) is 3.67. The highest BCUT2D eigenvalue weighted by Gasteiger charge is 2.31. The summed E-state index contributed by atoms with van der Waals surface area (Å²) in [7, 11) is 0. The lowest BCUT2D eigenvalue weighted by Gasteiger charge is -2.21. The molecule has 2 unspecified atom stereocenters. The number of benzene rings is 2. The molecule has 2 N–H and O–H groups in total. The Morgan fingerprint density at radius 1 is 1.14 bits per heavy atom. The first-order valence-electron chi connectivity index (χ1n) is 9.52. The molecule has 0 bridgehead atoms. The lowest BCUT2D eigenvalue weighted by Crippen LogP contribution is -2.34. The van der Waals surface area contributed by atoms with Crippen LogP contribution in [0.4, 0.5) is 0 Å². The van der Waals surface area contributed by atoms with Crippen molar-refractivity contribution in [3.05, 3.63) is 71.3 Å². The number of Topliss-reactive ketones (excluding diaryl/α,β-unsaturated/α-hetero) is 1. The van der Waals surface area contributed by atoms with Gasteiger partial charge in [-0.05, 0) is 37.0 Å². The van der Waals surface area contributed by atoms with Gasteiger partial charge in [-0.1, -0.05) is 54.6 Å². The monoisotopic (exact) mass is 375 g/mol. The normalized spacial score (nSPS) is 18.9. The van der Waals surface area contributed by atoms with Crippen LogP contribution in [0.15, 0.2) is 59.6 Å². The molecule has 144 valence electrons. The number of ketones is 1. The molecule has 1 aliphatic rings. The van der Waals surface area contributed by atoms with E-state index in [0.29, 0.717) is 24.3 Å². The van der Waals surface area contributed by atoms with Crippen molar-refractivity contribution in [2.24, 2.45) is 4.99 Å². The number of hydrogen-bond donors (Lipinski definition) is 2. The molecule has 5 heteroatoms. The lowest BCUT2D eigenvalue weighted by molar-refractivity contribution is -0.120. The number of hydrogen-bond acceptors (Lipinski definition) is 4. The van der Waals surface area contributed by atoms with Gasteiger partial charge in [0.2, 0.25) is 5.91 Å². The van der Waals surface area contributed by atoms with Crippen molar-refractivity contribution < 1.29 is 9.59 Å². The second kappa shape index (κ2) is 8.74. The molecule has 5 nitrogen and oxygen atoms in total. The quantitative estimate of drug-likeness (QED) is 0.617. The molecule has 0 fully saturated rings. The van der Waals surface area contributed by atoms with Gasteiger partial charge < -0.3 is 10.7 Å². The predicted molar refractivity (Wildman–Crippen MR) is 111 cm³/mol. The number of aryl methyl sites for hydroxylation is 1. The van der Waals surface area contributed by atoms with Crippen molar-refractivity contribution in [1.82, 2.24) is 5.32 Å². The molecule has 0 radical (unpaired) electrons. The van der Waals surface area contributed by atoms with Crippen molar-refractivity contribution in [3.8, 4) is 0 Å². The fourth-order valence-corrected chi connectivity index (χ4v) is 3.62. The van der Waals surface area contributed by atoms with Crippen LogP contribution in [0, 0.1) is 5.41 Å². The molecule has 0 aliphatic heterocycles. The summed E-state index contributed by atoms with van der Waals surface area (Å²) in [6, 6.07) is 18.0. The van der Waals surface area contributed by atoms with Crippen molar-refractivity contribution in [2.75, 3.05) is 0 Å². The minimum atomic E-state index is -0.540. The molecular formula is C23H25N3O2. The minimum absolute atomic E-state index is 0.00869. The van der Waals surface area contributed by atoms with E-state index in [-0.39, 0.29) is 24.0 Å². The first-order chi connectivity index (χ1) is 13.5. The van der Waals surface area contributed by atoms with Gasteiger partial charge in [0.25, 0.3) is 0 Å². The van der Waals surface area contributed by atoms with Gasteiger partial charge in [0.1, 0.15) is 6.17 Å². The van der Waals surface area contributed by atoms with Gasteiger partial charge in [0.05, 0.1) is 18.1 Å². The maximum atomic E-state index is 13.0. The number of fused-ring (bicyclic) bond motifs is 1. The van der Waals surface area contributed by atoms with E-state index >= 15 is 0 Å². The molecule has 1 aliphatic carbocycles. The Hall–Kier alpha value is -3.08. The minimum Gasteiger partial charge on any atom is -0.334 e. The fourth-order valence-electron chi connectivity index (χ4n) is 3.62. The fraction of sp³-hybridized carbons (Fsp3) is 0.304. The van der Waals surface area contributed by atoms with E-state index in [4.69, 9.17) is 5.41 Å². The molecule has 0 spiro atoms. The van der Waals surface area contributed by atoms with Gasteiger partial charge in [-0.2, -0.15) is 0 Å². The molecule has 2 aromatic carbocycles. The summed E-state index contributed by atoms with van der Waals surface area (Å²) in [6.07, 6.45) is 0.584. The topological polar surface area (TPSA) is 82.4 Å². The summed E-state index contributed by atoms with van der Waals surface area (Å²) in [5.41, 5.74) is 4.03. The van der Waals surface area contributed by atoms with E-state index in [0.717, 1.165) is 16.7 Å². The van der Waals surface area contributed by atoms with Crippen LogP contribution in [0.5, 0.6) is 0 Å². The number of nitrogens with zero attached hydrogens (tertiary/aromatic N) is 1. The third kappa shape index (κ3) is 4.60. The van der Waals surface area contributed by atoms with E-state index in [1.807, 2.05) is 42.5 Å². The molecule has 3 rings (SSSR count). The highest BCUT2D eigenvalue weighted by Crippen LogP contribution is 2.33.